The molecule has 2 aromatic carbocycles. The van der Waals surface area contributed by atoms with Gasteiger partial charge in [-0.1, -0.05) is 17.7 Å². The minimum atomic E-state index is -0.931. The number of ether oxygens (including phenoxy) is 2. The van der Waals surface area contributed by atoms with Crippen LogP contribution in [0.3, 0.4) is 0 Å². The number of nitrogen functional groups attached to an aromatic ring is 1. The molecule has 13 heteroatoms. The van der Waals surface area contributed by atoms with Crippen LogP contribution in [0.5, 0.6) is 11.9 Å². The third kappa shape index (κ3) is 4.41. The van der Waals surface area contributed by atoms with E-state index in [0.29, 0.717) is 19.5 Å². The maximum Gasteiger partial charge on any atom is 0.320 e. The Labute approximate surface area is 248 Å². The first-order valence-electron chi connectivity index (χ1n) is 13.8. The average molecular weight is 615 g/mol. The molecule has 0 aliphatic carbocycles. The van der Waals surface area contributed by atoms with E-state index in [1.807, 2.05) is 6.07 Å². The molecule has 7 rings (SSSR count). The first-order chi connectivity index (χ1) is 20.3. The Morgan fingerprint density at radius 1 is 1.31 bits per heavy atom. The molecular formula is C29H26ClF3N6O2S. The van der Waals surface area contributed by atoms with Crippen LogP contribution in [0.1, 0.15) is 31.2 Å². The number of nitrogens with two attached hydrogens (primary N) is 1. The van der Waals surface area contributed by atoms with Crippen LogP contribution < -0.4 is 20.5 Å². The summed E-state index contributed by atoms with van der Waals surface area (Å²) < 4.78 is 58.1. The lowest BCUT2D eigenvalue weighted by Crippen LogP contribution is -2.43. The first-order valence-corrected chi connectivity index (χ1v) is 15.0. The highest BCUT2D eigenvalue weighted by Gasteiger charge is 2.49. The summed E-state index contributed by atoms with van der Waals surface area (Å²) in [5.41, 5.74) is 5.66. The second kappa shape index (κ2) is 10.4. The zero-order valence-electron chi connectivity index (χ0n) is 22.4. The Morgan fingerprint density at radius 2 is 2.17 bits per heavy atom. The van der Waals surface area contributed by atoms with Crippen molar-refractivity contribution in [2.24, 2.45) is 0 Å². The van der Waals surface area contributed by atoms with Crippen molar-refractivity contribution in [2.45, 2.75) is 43.5 Å². The highest BCUT2D eigenvalue weighted by atomic mass is 35.5. The third-order valence-corrected chi connectivity index (χ3v) is 9.88. The lowest BCUT2D eigenvalue weighted by molar-refractivity contribution is 0.106. The van der Waals surface area contributed by atoms with Crippen molar-refractivity contribution in [3.05, 3.63) is 40.4 Å². The molecular weight excluding hydrogens is 589 g/mol. The van der Waals surface area contributed by atoms with Gasteiger partial charge < -0.3 is 20.5 Å². The molecule has 0 radical (unpaired) electrons. The number of anilines is 1. The van der Waals surface area contributed by atoms with Crippen LogP contribution in [0.25, 0.3) is 32.1 Å². The number of hydrogen-bond donors (Lipinski definition) is 2. The molecule has 0 saturated carbocycles. The van der Waals surface area contributed by atoms with Crippen molar-refractivity contribution in [2.75, 3.05) is 38.5 Å². The van der Waals surface area contributed by atoms with E-state index >= 15 is 4.39 Å². The first kappa shape index (κ1) is 27.5. The summed E-state index contributed by atoms with van der Waals surface area (Å²) in [6.07, 6.45) is 1.69. The molecule has 0 bridgehead atoms. The summed E-state index contributed by atoms with van der Waals surface area (Å²) in [6.45, 7) is 2.68. The van der Waals surface area contributed by atoms with Gasteiger partial charge in [-0.3, -0.25) is 4.90 Å². The molecule has 3 N–H and O–H groups in total. The van der Waals surface area contributed by atoms with Crippen molar-refractivity contribution in [1.29, 1.82) is 5.26 Å². The summed E-state index contributed by atoms with van der Waals surface area (Å²) in [7, 11) is 0. The zero-order chi connectivity index (χ0) is 29.2. The second-order valence-corrected chi connectivity index (χ2v) is 12.6. The topological polar surface area (TPSA) is 109 Å². The maximum atomic E-state index is 16.6. The number of fused-ring (bicyclic) bond motifs is 3. The smallest absolute Gasteiger partial charge is 0.320 e. The van der Waals surface area contributed by atoms with Crippen LogP contribution in [-0.4, -0.2) is 65.5 Å². The van der Waals surface area contributed by atoms with Crippen molar-refractivity contribution in [3.8, 4) is 29.1 Å². The van der Waals surface area contributed by atoms with Crippen LogP contribution in [0.4, 0.5) is 18.2 Å². The zero-order valence-corrected chi connectivity index (χ0v) is 23.9. The highest BCUT2D eigenvalue weighted by molar-refractivity contribution is 7.23. The highest BCUT2D eigenvalue weighted by Crippen LogP contribution is 2.46. The molecule has 5 heterocycles. The van der Waals surface area contributed by atoms with E-state index in [9.17, 15) is 14.0 Å². The lowest BCUT2D eigenvalue weighted by atomic mass is 9.95. The maximum absolute atomic E-state index is 16.6. The van der Waals surface area contributed by atoms with Crippen molar-refractivity contribution in [3.63, 3.8) is 0 Å². The van der Waals surface area contributed by atoms with E-state index in [1.54, 1.807) is 0 Å². The number of benzene rings is 2. The summed E-state index contributed by atoms with van der Waals surface area (Å²) in [6, 6.07) is 5.99. The fourth-order valence-electron chi connectivity index (χ4n) is 6.59. The molecule has 3 aliphatic rings. The molecule has 1 unspecified atom stereocenters. The average Bonchev–Trinajstić information content (AvgIpc) is 3.73. The van der Waals surface area contributed by atoms with Gasteiger partial charge in [-0.05, 0) is 50.0 Å². The number of hydrogen-bond acceptors (Lipinski definition) is 9. The fourth-order valence-corrected chi connectivity index (χ4v) is 7.84. The van der Waals surface area contributed by atoms with Gasteiger partial charge in [-0.2, -0.15) is 15.2 Å². The molecule has 8 nitrogen and oxygen atoms in total. The summed E-state index contributed by atoms with van der Waals surface area (Å²) >= 11 is 7.61. The number of alkyl halides is 1. The lowest BCUT2D eigenvalue weighted by Gasteiger charge is -2.30. The Hall–Kier alpha value is -3.37. The van der Waals surface area contributed by atoms with E-state index in [0.717, 1.165) is 43.7 Å². The SMILES string of the molecule is N#Cc1c(N)sc2c(F)ccc(-c3c(Cl)cc4c(OC5CCNC5)nc(OC[C@@]56CCCN5C[C@H](F)C6)nc4c3F)c12. The van der Waals surface area contributed by atoms with Crippen LogP contribution in [-0.2, 0) is 0 Å². The molecule has 3 saturated heterocycles. The Morgan fingerprint density at radius 3 is 2.95 bits per heavy atom. The quantitative estimate of drug-likeness (QED) is 0.289. The fraction of sp³-hybridized carbons (Fsp3) is 0.414. The van der Waals surface area contributed by atoms with Crippen molar-refractivity contribution < 1.29 is 22.6 Å². The van der Waals surface area contributed by atoms with Gasteiger partial charge in [0.25, 0.3) is 0 Å². The summed E-state index contributed by atoms with van der Waals surface area (Å²) in [5, 5.41) is 13.5. The third-order valence-electron chi connectivity index (χ3n) is 8.55. The molecule has 42 heavy (non-hydrogen) atoms. The predicted molar refractivity (Wildman–Crippen MR) is 155 cm³/mol. The molecule has 0 spiro atoms. The Balaban J connectivity index is 1.37. The van der Waals surface area contributed by atoms with Crippen LogP contribution in [0.15, 0.2) is 18.2 Å². The second-order valence-electron chi connectivity index (χ2n) is 11.1. The molecule has 0 amide bonds. The molecule has 218 valence electrons. The van der Waals surface area contributed by atoms with Crippen molar-refractivity contribution in [1.82, 2.24) is 20.2 Å². The number of nitrogens with zero attached hydrogens (tertiary/aromatic N) is 4. The number of aromatic nitrogens is 2. The van der Waals surface area contributed by atoms with Gasteiger partial charge >= 0.3 is 6.01 Å². The minimum absolute atomic E-state index is 0.00802. The Bertz CT molecular complexity index is 1770. The van der Waals surface area contributed by atoms with E-state index < -0.39 is 23.3 Å². The molecule has 3 atom stereocenters. The van der Waals surface area contributed by atoms with Gasteiger partial charge in [0.2, 0.25) is 5.88 Å². The van der Waals surface area contributed by atoms with Gasteiger partial charge in [0.1, 0.15) is 41.3 Å². The van der Waals surface area contributed by atoms with Crippen LogP contribution in [0, 0.1) is 23.0 Å². The van der Waals surface area contributed by atoms with Gasteiger partial charge in [-0.15, -0.1) is 11.3 Å². The van der Waals surface area contributed by atoms with E-state index in [4.69, 9.17) is 26.8 Å². The standard InChI is InChI=1S/C29H26ClF3N6O2S/c30-19-8-17-24(23(33)22(19)16-2-3-20(32)25-21(16)18(10-34)26(35)42-25)37-28(38-27(17)41-15-4-6-36-11-15)40-13-29-5-1-7-39(29)12-14(31)9-29/h2-3,8,14-15,36H,1,4-7,9,11-13,35H2/t14-,15?,29+/m1/s1. The minimum Gasteiger partial charge on any atom is -0.472 e. The summed E-state index contributed by atoms with van der Waals surface area (Å²) in [4.78, 5) is 11.1. The molecule has 3 aliphatic heterocycles. The number of thiophene rings is 1. The van der Waals surface area contributed by atoms with Crippen molar-refractivity contribution >= 4 is 48.9 Å². The van der Waals surface area contributed by atoms with E-state index in [2.05, 4.69) is 20.2 Å². The Kier molecular flexibility index (Phi) is 6.81. The van der Waals surface area contributed by atoms with Crippen LogP contribution >= 0.6 is 22.9 Å². The van der Waals surface area contributed by atoms with Gasteiger partial charge in [0.15, 0.2) is 5.82 Å². The number of halogens is 4. The van der Waals surface area contributed by atoms with Gasteiger partial charge in [0.05, 0.1) is 26.2 Å². The number of rotatable bonds is 6. The predicted octanol–water partition coefficient (Wildman–Crippen LogP) is 5.59. The largest absolute Gasteiger partial charge is 0.472 e. The number of nitriles is 1. The monoisotopic (exact) mass is 614 g/mol. The molecule has 2 aromatic heterocycles. The normalized spacial score (nSPS) is 24.0. The van der Waals surface area contributed by atoms with Gasteiger partial charge in [-0.25, -0.2) is 13.2 Å². The number of nitrogens with one attached hydrogen (secondary N) is 1. The van der Waals surface area contributed by atoms with Gasteiger partial charge in [0, 0.05) is 30.5 Å². The molecule has 3 fully saturated rings. The van der Waals surface area contributed by atoms with E-state index in [-0.39, 0.29) is 72.3 Å². The van der Waals surface area contributed by atoms with E-state index in [1.165, 1.54) is 18.2 Å². The summed E-state index contributed by atoms with van der Waals surface area (Å²) in [5.74, 6) is -1.26. The molecule has 4 aromatic rings. The van der Waals surface area contributed by atoms with Crippen LogP contribution in [0.2, 0.25) is 5.02 Å².